The van der Waals surface area contributed by atoms with Crippen molar-refractivity contribution < 1.29 is 14.3 Å². The molecular weight excluding hydrogens is 182 g/mol. The molecule has 2 rings (SSSR count). The van der Waals surface area contributed by atoms with Crippen LogP contribution < -0.4 is 0 Å². The van der Waals surface area contributed by atoms with Gasteiger partial charge in [0.05, 0.1) is 7.11 Å². The van der Waals surface area contributed by atoms with Crippen molar-refractivity contribution in [2.75, 3.05) is 13.7 Å². The van der Waals surface area contributed by atoms with Crippen LogP contribution in [0.15, 0.2) is 0 Å². The van der Waals surface area contributed by atoms with Gasteiger partial charge in [-0.2, -0.15) is 0 Å². The molecule has 2 atom stereocenters. The van der Waals surface area contributed by atoms with Crippen LogP contribution in [0.4, 0.5) is 4.79 Å². The van der Waals surface area contributed by atoms with Gasteiger partial charge < -0.3 is 9.64 Å². The summed E-state index contributed by atoms with van der Waals surface area (Å²) in [6.45, 7) is 0.674. The molecule has 0 spiro atoms. The van der Waals surface area contributed by atoms with Gasteiger partial charge in [0.2, 0.25) is 0 Å². The van der Waals surface area contributed by atoms with Crippen LogP contribution in [0, 0.1) is 5.92 Å². The van der Waals surface area contributed by atoms with Gasteiger partial charge in [0.25, 0.3) is 0 Å². The second kappa shape index (κ2) is 3.59. The maximum atomic E-state index is 11.6. The van der Waals surface area contributed by atoms with Gasteiger partial charge in [0.15, 0.2) is 0 Å². The first-order valence-electron chi connectivity index (χ1n) is 5.11. The molecule has 1 amide bonds. The fourth-order valence-corrected chi connectivity index (χ4v) is 2.60. The van der Waals surface area contributed by atoms with Crippen molar-refractivity contribution in [1.82, 2.24) is 4.90 Å². The summed E-state index contributed by atoms with van der Waals surface area (Å²) in [5, 5.41) is 0. The maximum Gasteiger partial charge on any atom is 0.409 e. The topological polar surface area (TPSA) is 46.6 Å². The smallest absolute Gasteiger partial charge is 0.409 e. The zero-order chi connectivity index (χ0) is 10.1. The number of likely N-dealkylation sites (tertiary alicyclic amines) is 1. The number of ketones is 1. The third-order valence-electron chi connectivity index (χ3n) is 3.29. The lowest BCUT2D eigenvalue weighted by atomic mass is 9.84. The van der Waals surface area contributed by atoms with Crippen molar-refractivity contribution in [2.24, 2.45) is 5.92 Å². The van der Waals surface area contributed by atoms with E-state index in [9.17, 15) is 9.59 Å². The van der Waals surface area contributed by atoms with E-state index in [1.54, 1.807) is 4.90 Å². The molecule has 0 aromatic rings. The van der Waals surface area contributed by atoms with E-state index in [1.165, 1.54) is 7.11 Å². The Morgan fingerprint density at radius 3 is 3.00 bits per heavy atom. The zero-order valence-electron chi connectivity index (χ0n) is 8.36. The lowest BCUT2D eigenvalue weighted by molar-refractivity contribution is -0.125. The Hall–Kier alpha value is -1.06. The molecule has 4 nitrogen and oxygen atoms in total. The van der Waals surface area contributed by atoms with Crippen molar-refractivity contribution in [3.8, 4) is 0 Å². The van der Waals surface area contributed by atoms with E-state index in [2.05, 4.69) is 0 Å². The van der Waals surface area contributed by atoms with Gasteiger partial charge in [0, 0.05) is 24.9 Å². The Balaban J connectivity index is 2.10. The summed E-state index contributed by atoms with van der Waals surface area (Å²) in [5.41, 5.74) is 0. The highest BCUT2D eigenvalue weighted by atomic mass is 16.5. The van der Waals surface area contributed by atoms with Crippen LogP contribution in [0.3, 0.4) is 0 Å². The molecule has 0 unspecified atom stereocenters. The third kappa shape index (κ3) is 1.38. The fraction of sp³-hybridized carbons (Fsp3) is 0.800. The quantitative estimate of drug-likeness (QED) is 0.586. The van der Waals surface area contributed by atoms with E-state index in [0.29, 0.717) is 18.7 Å². The Labute approximate surface area is 83.2 Å². The number of methoxy groups -OCH3 is 1. The molecule has 4 heteroatoms. The Morgan fingerprint density at radius 2 is 2.29 bits per heavy atom. The van der Waals surface area contributed by atoms with Crippen molar-refractivity contribution in [3.63, 3.8) is 0 Å². The van der Waals surface area contributed by atoms with Crippen LogP contribution in [0.5, 0.6) is 0 Å². The summed E-state index contributed by atoms with van der Waals surface area (Å²) in [6.07, 6.45) is 3.08. The first kappa shape index (κ1) is 9.49. The summed E-state index contributed by atoms with van der Waals surface area (Å²) >= 11 is 0. The molecule has 2 aliphatic rings. The normalized spacial score (nSPS) is 31.5. The maximum absolute atomic E-state index is 11.6. The van der Waals surface area contributed by atoms with Crippen molar-refractivity contribution >= 4 is 11.9 Å². The van der Waals surface area contributed by atoms with E-state index in [-0.39, 0.29) is 18.1 Å². The minimum atomic E-state index is -0.285. The molecule has 1 aliphatic carbocycles. The molecule has 1 saturated carbocycles. The number of hydrogen-bond donors (Lipinski definition) is 0. The average Bonchev–Trinajstić information content (AvgIpc) is 2.62. The lowest BCUT2D eigenvalue weighted by Gasteiger charge is -2.29. The number of rotatable bonds is 0. The van der Waals surface area contributed by atoms with Crippen LogP contribution in [-0.4, -0.2) is 36.5 Å². The molecule has 0 aromatic carbocycles. The average molecular weight is 197 g/mol. The van der Waals surface area contributed by atoms with Crippen LogP contribution >= 0.6 is 0 Å². The summed E-state index contributed by atoms with van der Waals surface area (Å²) in [5.74, 6) is 0.413. The van der Waals surface area contributed by atoms with E-state index in [0.717, 1.165) is 19.3 Å². The van der Waals surface area contributed by atoms with E-state index >= 15 is 0 Å². The van der Waals surface area contributed by atoms with Crippen molar-refractivity contribution in [2.45, 2.75) is 31.7 Å². The summed E-state index contributed by atoms with van der Waals surface area (Å²) in [4.78, 5) is 24.6. The summed E-state index contributed by atoms with van der Waals surface area (Å²) in [6, 6.07) is 0.115. The molecule has 1 aliphatic heterocycles. The highest BCUT2D eigenvalue weighted by Gasteiger charge is 2.42. The molecule has 0 radical (unpaired) electrons. The molecule has 1 heterocycles. The van der Waals surface area contributed by atoms with Gasteiger partial charge >= 0.3 is 6.09 Å². The van der Waals surface area contributed by atoms with Crippen LogP contribution in [0.25, 0.3) is 0 Å². The van der Waals surface area contributed by atoms with Gasteiger partial charge in [-0.15, -0.1) is 0 Å². The van der Waals surface area contributed by atoms with Crippen LogP contribution in [0.1, 0.15) is 25.7 Å². The third-order valence-corrected chi connectivity index (χ3v) is 3.29. The van der Waals surface area contributed by atoms with Gasteiger partial charge in [-0.3, -0.25) is 4.79 Å². The summed E-state index contributed by atoms with van der Waals surface area (Å²) in [7, 11) is 1.39. The molecule has 0 N–H and O–H groups in total. The molecule has 14 heavy (non-hydrogen) atoms. The number of nitrogens with zero attached hydrogens (tertiary/aromatic N) is 1. The molecule has 0 bridgehead atoms. The predicted molar refractivity (Wildman–Crippen MR) is 49.9 cm³/mol. The number of fused-ring (bicyclic) bond motifs is 1. The number of Topliss-reactive ketones (excluding diaryl/α,β-unsaturated/α-hetero) is 1. The van der Waals surface area contributed by atoms with Crippen LogP contribution in [0.2, 0.25) is 0 Å². The monoisotopic (exact) mass is 197 g/mol. The number of amides is 1. The largest absolute Gasteiger partial charge is 0.453 e. The van der Waals surface area contributed by atoms with Crippen LogP contribution in [-0.2, 0) is 9.53 Å². The molecule has 78 valence electrons. The first-order chi connectivity index (χ1) is 6.74. The lowest BCUT2D eigenvalue weighted by Crippen LogP contribution is -2.41. The van der Waals surface area contributed by atoms with Gasteiger partial charge in [0.1, 0.15) is 5.78 Å². The van der Waals surface area contributed by atoms with Gasteiger partial charge in [-0.05, 0) is 19.3 Å². The highest BCUT2D eigenvalue weighted by molar-refractivity contribution is 5.84. The molecule has 2 fully saturated rings. The van der Waals surface area contributed by atoms with Gasteiger partial charge in [-0.1, -0.05) is 0 Å². The minimum Gasteiger partial charge on any atom is -0.453 e. The fourth-order valence-electron chi connectivity index (χ4n) is 2.60. The highest BCUT2D eigenvalue weighted by Crippen LogP contribution is 2.34. The second-order valence-corrected chi connectivity index (χ2v) is 3.98. The Morgan fingerprint density at radius 1 is 1.50 bits per heavy atom. The SMILES string of the molecule is COC(=O)N1CC[C@H]2C(=O)CCC[C@@H]21. The van der Waals surface area contributed by atoms with Crippen molar-refractivity contribution in [3.05, 3.63) is 0 Å². The number of ether oxygens (including phenoxy) is 1. The van der Waals surface area contributed by atoms with E-state index in [1.807, 2.05) is 0 Å². The second-order valence-electron chi connectivity index (χ2n) is 3.98. The van der Waals surface area contributed by atoms with Crippen molar-refractivity contribution in [1.29, 1.82) is 0 Å². The molecule has 0 aromatic heterocycles. The summed E-state index contributed by atoms with van der Waals surface area (Å²) < 4.78 is 4.69. The van der Waals surface area contributed by atoms with Gasteiger partial charge in [-0.25, -0.2) is 4.79 Å². The number of carbonyl (C=O) groups excluding carboxylic acids is 2. The minimum absolute atomic E-state index is 0.0860. The predicted octanol–water partition coefficient (Wildman–Crippen LogP) is 1.20. The Kier molecular flexibility index (Phi) is 2.44. The Bertz CT molecular complexity index is 264. The molecular formula is C10H15NO3. The first-order valence-corrected chi connectivity index (χ1v) is 5.11. The standard InChI is InChI=1S/C10H15NO3/c1-14-10(13)11-6-5-7-8(11)3-2-4-9(7)12/h7-8H,2-6H2,1H3/t7-,8+/m1/s1. The number of hydrogen-bond acceptors (Lipinski definition) is 3. The van der Waals surface area contributed by atoms with E-state index in [4.69, 9.17) is 4.74 Å². The number of carbonyl (C=O) groups is 2. The van der Waals surface area contributed by atoms with E-state index < -0.39 is 0 Å². The zero-order valence-corrected chi connectivity index (χ0v) is 8.36. The molecule has 1 saturated heterocycles.